The van der Waals surface area contributed by atoms with Crippen molar-refractivity contribution >= 4 is 15.7 Å². The van der Waals surface area contributed by atoms with Crippen LogP contribution in [0, 0.1) is 6.92 Å². The number of nitrogens with zero attached hydrogens (tertiary/aromatic N) is 1. The zero-order valence-corrected chi connectivity index (χ0v) is 17.1. The Hall–Kier alpha value is -2.54. The molecule has 0 saturated carbocycles. The molecule has 0 radical (unpaired) electrons. The van der Waals surface area contributed by atoms with Gasteiger partial charge >= 0.3 is 0 Å². The highest BCUT2D eigenvalue weighted by Gasteiger charge is 2.57. The molecule has 1 saturated heterocycles. The van der Waals surface area contributed by atoms with E-state index in [0.29, 0.717) is 17.9 Å². The quantitative estimate of drug-likeness (QED) is 0.791. The van der Waals surface area contributed by atoms with E-state index >= 15 is 0 Å². The Balaban J connectivity index is 1.88. The highest BCUT2D eigenvalue weighted by molar-refractivity contribution is 7.92. The summed E-state index contributed by atoms with van der Waals surface area (Å²) in [7, 11) is -0.713. The highest BCUT2D eigenvalue weighted by atomic mass is 32.2. The number of benzene rings is 2. The summed E-state index contributed by atoms with van der Waals surface area (Å²) in [5.74, 6) is 0.242. The number of piperidine rings is 1. The number of methoxy groups -OCH3 is 1. The van der Waals surface area contributed by atoms with Crippen molar-refractivity contribution in [2.75, 3.05) is 14.2 Å². The van der Waals surface area contributed by atoms with E-state index in [0.717, 1.165) is 11.1 Å². The van der Waals surface area contributed by atoms with Crippen LogP contribution in [0.15, 0.2) is 47.4 Å². The summed E-state index contributed by atoms with van der Waals surface area (Å²) in [6.07, 6.45) is 0.407. The van der Waals surface area contributed by atoms with Crippen molar-refractivity contribution in [2.24, 2.45) is 0 Å². The van der Waals surface area contributed by atoms with Crippen LogP contribution in [0.4, 0.5) is 0 Å². The minimum absolute atomic E-state index is 0.162. The Bertz CT molecular complexity index is 1050. The lowest BCUT2D eigenvalue weighted by molar-refractivity contribution is -0.159. The molecular weight excluding hydrogens is 378 g/mol. The lowest BCUT2D eigenvalue weighted by atomic mass is 9.80. The molecule has 0 N–H and O–H groups in total. The topological polar surface area (TPSA) is 72.9 Å². The van der Waals surface area contributed by atoms with Crippen molar-refractivity contribution in [3.8, 4) is 11.5 Å². The van der Waals surface area contributed by atoms with Gasteiger partial charge in [-0.3, -0.25) is 4.79 Å². The van der Waals surface area contributed by atoms with Crippen molar-refractivity contribution in [1.29, 1.82) is 0 Å². The molecule has 2 aliphatic heterocycles. The maximum absolute atomic E-state index is 13.5. The van der Waals surface area contributed by atoms with Crippen molar-refractivity contribution in [3.63, 3.8) is 0 Å². The first-order valence-corrected chi connectivity index (χ1v) is 10.7. The van der Waals surface area contributed by atoms with Crippen LogP contribution >= 0.6 is 0 Å². The standard InChI is InChI=1S/C21H23NO5S/c1-13-5-8-15(9-6-13)28(24,25)19-17-12-21(2,22(3)20(19)23)27-18-11-14(26-4)7-10-16(17)18/h5-11,17,19H,12H2,1-4H3. The molecule has 2 aromatic rings. The largest absolute Gasteiger partial charge is 0.497 e. The lowest BCUT2D eigenvalue weighted by Gasteiger charge is -2.51. The summed E-state index contributed by atoms with van der Waals surface area (Å²) in [4.78, 5) is 14.8. The van der Waals surface area contributed by atoms with Crippen LogP contribution in [0.1, 0.15) is 30.4 Å². The number of aryl methyl sites for hydroxylation is 1. The van der Waals surface area contributed by atoms with E-state index in [1.807, 2.05) is 13.8 Å². The second-order valence-electron chi connectivity index (χ2n) is 7.67. The Kier molecular flexibility index (Phi) is 4.19. The van der Waals surface area contributed by atoms with E-state index in [1.54, 1.807) is 56.6 Å². The van der Waals surface area contributed by atoms with E-state index in [9.17, 15) is 13.2 Å². The van der Waals surface area contributed by atoms with Gasteiger partial charge in [0.05, 0.1) is 12.0 Å². The average Bonchev–Trinajstić information content (AvgIpc) is 2.66. The van der Waals surface area contributed by atoms with Crippen LogP contribution in [0.3, 0.4) is 0 Å². The maximum atomic E-state index is 13.5. The highest BCUT2D eigenvalue weighted by Crippen LogP contribution is 2.50. The molecule has 7 heteroatoms. The molecule has 0 aliphatic carbocycles. The van der Waals surface area contributed by atoms with Crippen LogP contribution in [-0.4, -0.2) is 44.4 Å². The minimum Gasteiger partial charge on any atom is -0.497 e. The van der Waals surface area contributed by atoms with E-state index in [1.165, 1.54) is 4.90 Å². The number of fused-ring (bicyclic) bond motifs is 4. The molecule has 3 atom stereocenters. The van der Waals surface area contributed by atoms with E-state index in [4.69, 9.17) is 9.47 Å². The summed E-state index contributed by atoms with van der Waals surface area (Å²) in [6.45, 7) is 3.71. The van der Waals surface area contributed by atoms with Gasteiger partial charge in [-0.1, -0.05) is 23.8 Å². The van der Waals surface area contributed by atoms with Gasteiger partial charge in [0.25, 0.3) is 0 Å². The summed E-state index contributed by atoms with van der Waals surface area (Å²) in [5, 5.41) is -1.19. The summed E-state index contributed by atoms with van der Waals surface area (Å²) in [6, 6.07) is 11.9. The molecule has 2 bridgehead atoms. The van der Waals surface area contributed by atoms with E-state index in [2.05, 4.69) is 0 Å². The normalized spacial score (nSPS) is 26.4. The van der Waals surface area contributed by atoms with E-state index < -0.39 is 32.6 Å². The van der Waals surface area contributed by atoms with Gasteiger partial charge < -0.3 is 14.4 Å². The fourth-order valence-corrected chi connectivity index (χ4v) is 6.04. The zero-order valence-electron chi connectivity index (χ0n) is 16.3. The molecule has 0 aromatic heterocycles. The minimum atomic E-state index is -3.87. The van der Waals surface area contributed by atoms with Crippen LogP contribution in [-0.2, 0) is 14.6 Å². The van der Waals surface area contributed by atoms with Gasteiger partial charge in [-0.25, -0.2) is 8.42 Å². The molecule has 3 unspecified atom stereocenters. The third-order valence-electron chi connectivity index (χ3n) is 5.88. The molecule has 0 spiro atoms. The number of carbonyl (C=O) groups excluding carboxylic acids is 1. The zero-order chi connectivity index (χ0) is 20.3. The molecule has 2 aromatic carbocycles. The number of sulfone groups is 1. The van der Waals surface area contributed by atoms with Crippen molar-refractivity contribution in [2.45, 2.75) is 42.1 Å². The predicted octanol–water partition coefficient (Wildman–Crippen LogP) is 2.90. The van der Waals surface area contributed by atoms with Gasteiger partial charge in [-0.05, 0) is 37.6 Å². The molecule has 1 fully saturated rings. The Morgan fingerprint density at radius 3 is 2.50 bits per heavy atom. The van der Waals surface area contributed by atoms with Crippen LogP contribution in [0.2, 0.25) is 0 Å². The van der Waals surface area contributed by atoms with Gasteiger partial charge in [0, 0.05) is 25.5 Å². The Labute approximate surface area is 165 Å². The molecule has 148 valence electrons. The summed E-state index contributed by atoms with van der Waals surface area (Å²) < 4.78 is 38.4. The van der Waals surface area contributed by atoms with Crippen molar-refractivity contribution in [3.05, 3.63) is 53.6 Å². The van der Waals surface area contributed by atoms with Crippen LogP contribution in [0.25, 0.3) is 0 Å². The third-order valence-corrected chi connectivity index (χ3v) is 8.01. The number of carbonyl (C=O) groups is 1. The van der Waals surface area contributed by atoms with Crippen molar-refractivity contribution < 1.29 is 22.7 Å². The fraction of sp³-hybridized carbons (Fsp3) is 0.381. The van der Waals surface area contributed by atoms with E-state index in [-0.39, 0.29) is 4.90 Å². The SMILES string of the molecule is COc1ccc2c(c1)OC1(C)CC2C(S(=O)(=O)c2ccc(C)cc2)C(=O)N1C. The average molecular weight is 401 g/mol. The number of amides is 1. The number of ether oxygens (including phenoxy) is 2. The lowest BCUT2D eigenvalue weighted by Crippen LogP contribution is -2.64. The molecular formula is C21H23NO5S. The fourth-order valence-electron chi connectivity index (χ4n) is 4.13. The molecule has 2 heterocycles. The van der Waals surface area contributed by atoms with Gasteiger partial charge in [0.2, 0.25) is 5.91 Å². The molecule has 6 nitrogen and oxygen atoms in total. The number of hydrogen-bond donors (Lipinski definition) is 0. The molecule has 4 rings (SSSR count). The van der Waals surface area contributed by atoms with Crippen molar-refractivity contribution in [1.82, 2.24) is 4.90 Å². The van der Waals surface area contributed by atoms with Gasteiger partial charge in [-0.2, -0.15) is 0 Å². The molecule has 28 heavy (non-hydrogen) atoms. The summed E-state index contributed by atoms with van der Waals surface area (Å²) >= 11 is 0. The van der Waals surface area contributed by atoms with Crippen LogP contribution < -0.4 is 9.47 Å². The van der Waals surface area contributed by atoms with Gasteiger partial charge in [0.15, 0.2) is 20.8 Å². The Morgan fingerprint density at radius 1 is 1.18 bits per heavy atom. The Morgan fingerprint density at radius 2 is 1.86 bits per heavy atom. The smallest absolute Gasteiger partial charge is 0.244 e. The predicted molar refractivity (Wildman–Crippen MR) is 104 cm³/mol. The number of likely N-dealkylation sites (tertiary alicyclic amines) is 1. The first kappa shape index (κ1) is 18.8. The van der Waals surface area contributed by atoms with Gasteiger partial charge in [-0.15, -0.1) is 0 Å². The van der Waals surface area contributed by atoms with Gasteiger partial charge in [0.1, 0.15) is 11.5 Å². The first-order valence-electron chi connectivity index (χ1n) is 9.12. The second-order valence-corrected chi connectivity index (χ2v) is 9.74. The number of rotatable bonds is 3. The first-order chi connectivity index (χ1) is 13.2. The number of hydrogen-bond acceptors (Lipinski definition) is 5. The molecule has 1 amide bonds. The second kappa shape index (κ2) is 6.24. The summed E-state index contributed by atoms with van der Waals surface area (Å²) in [5.41, 5.74) is 0.781. The monoisotopic (exact) mass is 401 g/mol. The third kappa shape index (κ3) is 2.68. The molecule has 2 aliphatic rings. The maximum Gasteiger partial charge on any atom is 0.244 e. The van der Waals surface area contributed by atoms with Crippen LogP contribution in [0.5, 0.6) is 11.5 Å².